The van der Waals surface area contributed by atoms with E-state index in [1.165, 1.54) is 0 Å². The summed E-state index contributed by atoms with van der Waals surface area (Å²) in [6.45, 7) is 1.29. The molecule has 100 valence electrons. The van der Waals surface area contributed by atoms with Crippen molar-refractivity contribution in [1.82, 2.24) is 10.6 Å². The second-order valence-corrected chi connectivity index (χ2v) is 3.88. The Bertz CT molecular complexity index is 343. The van der Waals surface area contributed by atoms with Crippen LogP contribution in [0.25, 0.3) is 0 Å². The molecule has 1 atom stereocenters. The van der Waals surface area contributed by atoms with Gasteiger partial charge >= 0.3 is 0 Å². The van der Waals surface area contributed by atoms with Gasteiger partial charge in [-0.25, -0.2) is 0 Å². The Morgan fingerprint density at radius 3 is 2.72 bits per heavy atom. The molecule has 0 aromatic heterocycles. The van der Waals surface area contributed by atoms with Crippen molar-refractivity contribution in [3.8, 4) is 0 Å². The first-order valence-corrected chi connectivity index (χ1v) is 5.92. The third kappa shape index (κ3) is 5.27. The number of aliphatic hydroxyl groups excluding tert-OH is 1. The quantitative estimate of drug-likeness (QED) is 0.573. The molecular formula is C13H20N2O3. The van der Waals surface area contributed by atoms with Gasteiger partial charge in [0.05, 0.1) is 25.8 Å². The Kier molecular flexibility index (Phi) is 7.01. The molecule has 0 radical (unpaired) electrons. The van der Waals surface area contributed by atoms with Gasteiger partial charge in [-0.3, -0.25) is 4.79 Å². The number of ether oxygens (including phenoxy) is 1. The van der Waals surface area contributed by atoms with Crippen molar-refractivity contribution in [2.24, 2.45) is 0 Å². The van der Waals surface area contributed by atoms with Crippen LogP contribution in [0.5, 0.6) is 0 Å². The highest BCUT2D eigenvalue weighted by atomic mass is 16.5. The van der Waals surface area contributed by atoms with E-state index in [0.717, 1.165) is 5.56 Å². The number of nitrogens with one attached hydrogen (secondary N) is 2. The van der Waals surface area contributed by atoms with Gasteiger partial charge in [0.25, 0.3) is 0 Å². The molecule has 0 bridgehead atoms. The van der Waals surface area contributed by atoms with Crippen molar-refractivity contribution >= 4 is 5.91 Å². The molecule has 0 saturated carbocycles. The number of carbonyl (C=O) groups is 1. The van der Waals surface area contributed by atoms with Crippen LogP contribution >= 0.6 is 0 Å². The van der Waals surface area contributed by atoms with Gasteiger partial charge < -0.3 is 20.5 Å². The van der Waals surface area contributed by atoms with Crippen LogP contribution in [0, 0.1) is 0 Å². The SMILES string of the molecule is COCCNCC(=O)NC(CO)c1ccccc1. The van der Waals surface area contributed by atoms with Crippen LogP contribution in [0.15, 0.2) is 30.3 Å². The fourth-order valence-corrected chi connectivity index (χ4v) is 1.54. The minimum atomic E-state index is -0.358. The minimum absolute atomic E-state index is 0.117. The molecule has 1 unspecified atom stereocenters. The van der Waals surface area contributed by atoms with Crippen LogP contribution in [0.4, 0.5) is 0 Å². The normalized spacial score (nSPS) is 12.1. The number of carbonyl (C=O) groups excluding carboxylic acids is 1. The van der Waals surface area contributed by atoms with Crippen molar-refractivity contribution in [2.45, 2.75) is 6.04 Å². The van der Waals surface area contributed by atoms with Gasteiger partial charge in [0.1, 0.15) is 0 Å². The highest BCUT2D eigenvalue weighted by molar-refractivity contribution is 5.78. The largest absolute Gasteiger partial charge is 0.394 e. The third-order valence-electron chi connectivity index (χ3n) is 2.49. The summed E-state index contributed by atoms with van der Waals surface area (Å²) in [5.41, 5.74) is 0.894. The Morgan fingerprint density at radius 1 is 1.39 bits per heavy atom. The summed E-state index contributed by atoms with van der Waals surface area (Å²) in [4.78, 5) is 11.6. The predicted molar refractivity (Wildman–Crippen MR) is 69.2 cm³/mol. The summed E-state index contributed by atoms with van der Waals surface area (Å²) in [6.07, 6.45) is 0. The van der Waals surface area contributed by atoms with Gasteiger partial charge in [0, 0.05) is 13.7 Å². The molecule has 0 aliphatic rings. The molecule has 5 heteroatoms. The highest BCUT2D eigenvalue weighted by Gasteiger charge is 2.12. The lowest BCUT2D eigenvalue weighted by Crippen LogP contribution is -2.38. The third-order valence-corrected chi connectivity index (χ3v) is 2.49. The molecule has 1 rings (SSSR count). The standard InChI is InChI=1S/C13H20N2O3/c1-18-8-7-14-9-13(17)15-12(10-16)11-5-3-2-4-6-11/h2-6,12,14,16H,7-10H2,1H3,(H,15,17). The lowest BCUT2D eigenvalue weighted by Gasteiger charge is -2.16. The Balaban J connectivity index is 2.37. The number of amides is 1. The second kappa shape index (κ2) is 8.63. The topological polar surface area (TPSA) is 70.6 Å². The summed E-state index contributed by atoms with van der Waals surface area (Å²) < 4.78 is 4.86. The van der Waals surface area contributed by atoms with E-state index >= 15 is 0 Å². The van der Waals surface area contributed by atoms with Crippen LogP contribution in [-0.4, -0.2) is 44.4 Å². The van der Waals surface area contributed by atoms with E-state index in [-0.39, 0.29) is 25.1 Å². The maximum atomic E-state index is 11.6. The molecule has 1 aromatic rings. The Hall–Kier alpha value is -1.43. The van der Waals surface area contributed by atoms with E-state index < -0.39 is 0 Å². The zero-order valence-electron chi connectivity index (χ0n) is 10.6. The maximum absolute atomic E-state index is 11.6. The Morgan fingerprint density at radius 2 is 2.11 bits per heavy atom. The average molecular weight is 252 g/mol. The molecule has 18 heavy (non-hydrogen) atoms. The smallest absolute Gasteiger partial charge is 0.234 e. The second-order valence-electron chi connectivity index (χ2n) is 3.88. The lowest BCUT2D eigenvalue weighted by molar-refractivity contribution is -0.121. The van der Waals surface area contributed by atoms with Gasteiger partial charge in [-0.2, -0.15) is 0 Å². The van der Waals surface area contributed by atoms with Gasteiger partial charge in [0.2, 0.25) is 5.91 Å². The van der Waals surface area contributed by atoms with E-state index in [9.17, 15) is 9.90 Å². The van der Waals surface area contributed by atoms with Crippen LogP contribution in [0.2, 0.25) is 0 Å². The van der Waals surface area contributed by atoms with Crippen molar-refractivity contribution < 1.29 is 14.6 Å². The van der Waals surface area contributed by atoms with Gasteiger partial charge in [-0.05, 0) is 5.56 Å². The van der Waals surface area contributed by atoms with E-state index in [0.29, 0.717) is 13.2 Å². The first kappa shape index (κ1) is 14.6. The number of hydrogen-bond acceptors (Lipinski definition) is 4. The van der Waals surface area contributed by atoms with Crippen LogP contribution in [0.3, 0.4) is 0 Å². The summed E-state index contributed by atoms with van der Waals surface area (Å²) >= 11 is 0. The molecule has 0 aliphatic heterocycles. The molecule has 1 amide bonds. The average Bonchev–Trinajstić information content (AvgIpc) is 2.42. The fraction of sp³-hybridized carbons (Fsp3) is 0.462. The lowest BCUT2D eigenvalue weighted by atomic mass is 10.1. The molecular weight excluding hydrogens is 232 g/mol. The van der Waals surface area contributed by atoms with E-state index in [2.05, 4.69) is 10.6 Å². The highest BCUT2D eigenvalue weighted by Crippen LogP contribution is 2.10. The van der Waals surface area contributed by atoms with Crippen molar-refractivity contribution in [3.05, 3.63) is 35.9 Å². The molecule has 0 fully saturated rings. The summed E-state index contributed by atoms with van der Waals surface area (Å²) in [5, 5.41) is 15.0. The van der Waals surface area contributed by atoms with Crippen molar-refractivity contribution in [3.63, 3.8) is 0 Å². The number of hydrogen-bond donors (Lipinski definition) is 3. The number of aliphatic hydroxyl groups is 1. The van der Waals surface area contributed by atoms with Gasteiger partial charge in [-0.15, -0.1) is 0 Å². The van der Waals surface area contributed by atoms with E-state index in [1.54, 1.807) is 7.11 Å². The molecule has 3 N–H and O–H groups in total. The molecule has 0 spiro atoms. The van der Waals surface area contributed by atoms with Crippen LogP contribution in [-0.2, 0) is 9.53 Å². The maximum Gasteiger partial charge on any atom is 0.234 e. The Labute approximate surface area is 107 Å². The zero-order chi connectivity index (χ0) is 13.2. The first-order chi connectivity index (χ1) is 8.77. The van der Waals surface area contributed by atoms with Gasteiger partial charge in [0.15, 0.2) is 0 Å². The molecule has 1 aromatic carbocycles. The van der Waals surface area contributed by atoms with Crippen molar-refractivity contribution in [1.29, 1.82) is 0 Å². The minimum Gasteiger partial charge on any atom is -0.394 e. The summed E-state index contributed by atoms with van der Waals surface area (Å²) in [5.74, 6) is -0.144. The molecule has 5 nitrogen and oxygen atoms in total. The fourth-order valence-electron chi connectivity index (χ4n) is 1.54. The number of methoxy groups -OCH3 is 1. The van der Waals surface area contributed by atoms with Crippen molar-refractivity contribution in [2.75, 3.05) is 33.4 Å². The molecule has 0 saturated heterocycles. The summed E-state index contributed by atoms with van der Waals surface area (Å²) in [6, 6.07) is 9.04. The molecule has 0 aliphatic carbocycles. The predicted octanol–water partition coefficient (Wildman–Crippen LogP) is 0.0722. The number of rotatable bonds is 8. The monoisotopic (exact) mass is 252 g/mol. The first-order valence-electron chi connectivity index (χ1n) is 5.92. The van der Waals surface area contributed by atoms with E-state index in [1.807, 2.05) is 30.3 Å². The summed E-state index contributed by atoms with van der Waals surface area (Å²) in [7, 11) is 1.61. The van der Waals surface area contributed by atoms with E-state index in [4.69, 9.17) is 4.74 Å². The van der Waals surface area contributed by atoms with Crippen LogP contribution < -0.4 is 10.6 Å². The van der Waals surface area contributed by atoms with Crippen LogP contribution in [0.1, 0.15) is 11.6 Å². The molecule has 0 heterocycles. The zero-order valence-corrected chi connectivity index (χ0v) is 10.6. The van der Waals surface area contributed by atoms with Gasteiger partial charge in [-0.1, -0.05) is 30.3 Å². The number of benzene rings is 1.